The summed E-state index contributed by atoms with van der Waals surface area (Å²) >= 11 is 0. The van der Waals surface area contributed by atoms with Gasteiger partial charge in [-0.2, -0.15) is 0 Å². The lowest BCUT2D eigenvalue weighted by molar-refractivity contribution is 0.102. The molecule has 4 heterocycles. The smallest absolute Gasteiger partial charge is 0.271 e. The van der Waals surface area contributed by atoms with Gasteiger partial charge in [0.25, 0.3) is 11.5 Å². The number of rotatable bonds is 8. The summed E-state index contributed by atoms with van der Waals surface area (Å²) in [7, 11) is 0. The highest BCUT2D eigenvalue weighted by atomic mass is 16.2. The largest absolute Gasteiger partial charge is 0.372 e. The maximum Gasteiger partial charge on any atom is 0.271 e. The van der Waals surface area contributed by atoms with Crippen LogP contribution in [0.15, 0.2) is 59.5 Å². The first-order chi connectivity index (χ1) is 18.1. The van der Waals surface area contributed by atoms with E-state index in [9.17, 15) is 9.59 Å². The van der Waals surface area contributed by atoms with Crippen molar-refractivity contribution in [1.29, 1.82) is 0 Å². The topological polar surface area (TPSA) is 93.4 Å². The second-order valence-electron chi connectivity index (χ2n) is 9.89. The molecule has 2 aromatic heterocycles. The molecular formula is C29H36N6O2. The first-order valence-corrected chi connectivity index (χ1v) is 13.4. The Balaban J connectivity index is 1.26. The summed E-state index contributed by atoms with van der Waals surface area (Å²) in [5, 5.41) is 6.25. The molecule has 2 aliphatic heterocycles. The monoisotopic (exact) mass is 500 g/mol. The Labute approximate surface area is 218 Å². The summed E-state index contributed by atoms with van der Waals surface area (Å²) in [4.78, 5) is 37.7. The van der Waals surface area contributed by atoms with Crippen molar-refractivity contribution in [1.82, 2.24) is 14.9 Å². The minimum absolute atomic E-state index is 0.201. The molecule has 3 aromatic rings. The summed E-state index contributed by atoms with van der Waals surface area (Å²) in [6.07, 6.45) is 7.75. The summed E-state index contributed by atoms with van der Waals surface area (Å²) in [5.74, 6) is 0.485. The van der Waals surface area contributed by atoms with Crippen LogP contribution in [0.2, 0.25) is 0 Å². The van der Waals surface area contributed by atoms with E-state index in [1.165, 1.54) is 32.1 Å². The Morgan fingerprint density at radius 3 is 2.65 bits per heavy atom. The number of benzene rings is 1. The summed E-state index contributed by atoms with van der Waals surface area (Å²) < 4.78 is 0. The van der Waals surface area contributed by atoms with E-state index in [0.717, 1.165) is 55.5 Å². The summed E-state index contributed by atoms with van der Waals surface area (Å²) in [6.45, 7) is 7.38. The number of aromatic amines is 1. The van der Waals surface area contributed by atoms with Crippen molar-refractivity contribution in [2.24, 2.45) is 0 Å². The van der Waals surface area contributed by atoms with Crippen LogP contribution in [0.5, 0.6) is 0 Å². The number of H-pyrrole nitrogens is 1. The van der Waals surface area contributed by atoms with Crippen molar-refractivity contribution >= 4 is 23.1 Å². The zero-order valence-corrected chi connectivity index (χ0v) is 21.5. The molecule has 8 nitrogen and oxygen atoms in total. The van der Waals surface area contributed by atoms with Gasteiger partial charge in [0, 0.05) is 48.7 Å². The van der Waals surface area contributed by atoms with E-state index in [4.69, 9.17) is 4.98 Å². The minimum Gasteiger partial charge on any atom is -0.372 e. The van der Waals surface area contributed by atoms with Gasteiger partial charge in [0.05, 0.1) is 5.69 Å². The molecule has 8 heteroatoms. The quantitative estimate of drug-likeness (QED) is 0.419. The van der Waals surface area contributed by atoms with Gasteiger partial charge in [-0.05, 0) is 87.7 Å². The molecular weight excluding hydrogens is 464 g/mol. The third kappa shape index (κ3) is 6.02. The molecule has 37 heavy (non-hydrogen) atoms. The first kappa shape index (κ1) is 25.0. The predicted octanol–water partition coefficient (Wildman–Crippen LogP) is 4.58. The van der Waals surface area contributed by atoms with E-state index in [1.54, 1.807) is 12.3 Å². The van der Waals surface area contributed by atoms with Crippen LogP contribution in [0.1, 0.15) is 49.4 Å². The molecule has 0 radical (unpaired) electrons. The van der Waals surface area contributed by atoms with Crippen molar-refractivity contribution in [2.45, 2.75) is 45.1 Å². The normalized spacial score (nSPS) is 18.1. The zero-order valence-electron chi connectivity index (χ0n) is 21.5. The van der Waals surface area contributed by atoms with Crippen molar-refractivity contribution in [2.75, 3.05) is 48.3 Å². The summed E-state index contributed by atoms with van der Waals surface area (Å²) in [5.41, 5.74) is 2.95. The Morgan fingerprint density at radius 1 is 1.05 bits per heavy atom. The molecule has 2 fully saturated rings. The van der Waals surface area contributed by atoms with Gasteiger partial charge < -0.3 is 20.5 Å². The SMILES string of the molecule is CCN1CCCC1CNc1cccc(-c2c[nH]c(=O)c(NC(=O)c3ccc(N4CCCCC4)cc3)c2)n1. The average Bonchev–Trinajstić information content (AvgIpc) is 3.41. The number of carbonyl (C=O) groups is 1. The van der Waals surface area contributed by atoms with Gasteiger partial charge in [0.15, 0.2) is 0 Å². The Bertz CT molecular complexity index is 1270. The Kier molecular flexibility index (Phi) is 7.84. The molecule has 3 N–H and O–H groups in total. The number of carbonyl (C=O) groups excluding carboxylic acids is 1. The number of anilines is 3. The van der Waals surface area contributed by atoms with Crippen LogP contribution < -0.4 is 21.1 Å². The van der Waals surface area contributed by atoms with E-state index >= 15 is 0 Å². The highest BCUT2D eigenvalue weighted by Crippen LogP contribution is 2.23. The van der Waals surface area contributed by atoms with Gasteiger partial charge in [-0.1, -0.05) is 13.0 Å². The van der Waals surface area contributed by atoms with Gasteiger partial charge in [0.1, 0.15) is 11.5 Å². The van der Waals surface area contributed by atoms with Crippen LogP contribution in [-0.4, -0.2) is 59.5 Å². The number of aromatic nitrogens is 2. The second-order valence-corrected chi connectivity index (χ2v) is 9.89. The van der Waals surface area contributed by atoms with Crippen molar-refractivity contribution in [3.05, 3.63) is 70.6 Å². The van der Waals surface area contributed by atoms with Crippen LogP contribution >= 0.6 is 0 Å². The molecule has 5 rings (SSSR count). The van der Waals surface area contributed by atoms with Crippen LogP contribution in [0.4, 0.5) is 17.2 Å². The maximum atomic E-state index is 12.9. The number of likely N-dealkylation sites (tertiary alicyclic amines) is 1. The van der Waals surface area contributed by atoms with Crippen LogP contribution in [0.3, 0.4) is 0 Å². The third-order valence-corrected chi connectivity index (χ3v) is 7.47. The Hall–Kier alpha value is -3.65. The number of hydrogen-bond acceptors (Lipinski definition) is 6. The first-order valence-electron chi connectivity index (χ1n) is 13.4. The van der Waals surface area contributed by atoms with E-state index in [1.807, 2.05) is 42.5 Å². The molecule has 0 bridgehead atoms. The van der Waals surface area contributed by atoms with Gasteiger partial charge in [-0.15, -0.1) is 0 Å². The number of pyridine rings is 2. The predicted molar refractivity (Wildman–Crippen MR) is 150 cm³/mol. The van der Waals surface area contributed by atoms with E-state index < -0.39 is 0 Å². The number of nitrogens with zero attached hydrogens (tertiary/aromatic N) is 3. The lowest BCUT2D eigenvalue weighted by atomic mass is 10.1. The molecule has 0 spiro atoms. The van der Waals surface area contributed by atoms with Crippen LogP contribution in [0.25, 0.3) is 11.3 Å². The number of amides is 1. The molecule has 1 amide bonds. The zero-order chi connectivity index (χ0) is 25.6. The van der Waals surface area contributed by atoms with Gasteiger partial charge in [0.2, 0.25) is 0 Å². The van der Waals surface area contributed by atoms with Gasteiger partial charge in [-0.3, -0.25) is 14.5 Å². The molecule has 0 aliphatic carbocycles. The van der Waals surface area contributed by atoms with Gasteiger partial charge in [-0.25, -0.2) is 4.98 Å². The lowest BCUT2D eigenvalue weighted by Crippen LogP contribution is -2.34. The van der Waals surface area contributed by atoms with E-state index in [-0.39, 0.29) is 17.2 Å². The molecule has 0 saturated carbocycles. The molecule has 2 aliphatic rings. The average molecular weight is 501 g/mol. The lowest BCUT2D eigenvalue weighted by Gasteiger charge is -2.28. The maximum absolute atomic E-state index is 12.9. The fourth-order valence-electron chi connectivity index (χ4n) is 5.35. The molecule has 1 aromatic carbocycles. The van der Waals surface area contributed by atoms with Crippen molar-refractivity contribution in [3.63, 3.8) is 0 Å². The van der Waals surface area contributed by atoms with Crippen LogP contribution in [-0.2, 0) is 0 Å². The Morgan fingerprint density at radius 2 is 1.86 bits per heavy atom. The molecule has 1 unspecified atom stereocenters. The number of hydrogen-bond donors (Lipinski definition) is 3. The number of nitrogens with one attached hydrogen (secondary N) is 3. The summed E-state index contributed by atoms with van der Waals surface area (Å²) in [6, 6.07) is 15.6. The van der Waals surface area contributed by atoms with Crippen molar-refractivity contribution in [3.8, 4) is 11.3 Å². The number of piperidine rings is 1. The molecule has 1 atom stereocenters. The van der Waals surface area contributed by atoms with Crippen molar-refractivity contribution < 1.29 is 4.79 Å². The molecule has 194 valence electrons. The van der Waals surface area contributed by atoms with E-state index in [0.29, 0.717) is 11.6 Å². The minimum atomic E-state index is -0.350. The highest BCUT2D eigenvalue weighted by molar-refractivity contribution is 6.04. The molecule has 2 saturated heterocycles. The second kappa shape index (κ2) is 11.6. The standard InChI is InChI=1S/C29H36N6O2/c1-2-34-17-7-8-24(34)20-30-27-10-6-9-25(32-27)22-18-26(29(37)31-19-22)33-28(36)21-11-13-23(14-12-21)35-15-4-3-5-16-35/h6,9-14,18-19,24H,2-5,7-8,15-17,20H2,1H3,(H,30,32)(H,31,37)(H,33,36). The highest BCUT2D eigenvalue weighted by Gasteiger charge is 2.22. The van der Waals surface area contributed by atoms with E-state index in [2.05, 4.69) is 32.3 Å². The van der Waals surface area contributed by atoms with Gasteiger partial charge >= 0.3 is 0 Å². The number of likely N-dealkylation sites (N-methyl/N-ethyl adjacent to an activating group) is 1. The third-order valence-electron chi connectivity index (χ3n) is 7.47. The fourth-order valence-corrected chi connectivity index (χ4v) is 5.35. The fraction of sp³-hybridized carbons (Fsp3) is 0.414. The van der Waals surface area contributed by atoms with Crippen LogP contribution in [0, 0.1) is 0 Å².